The van der Waals surface area contributed by atoms with Crippen molar-refractivity contribution in [2.24, 2.45) is 10.8 Å². The van der Waals surface area contributed by atoms with Crippen LogP contribution in [-0.2, 0) is 4.79 Å². The fourth-order valence-corrected chi connectivity index (χ4v) is 2.96. The second-order valence-electron chi connectivity index (χ2n) is 6.33. The number of hydrogen-bond donors (Lipinski definition) is 1. The molecule has 0 bridgehead atoms. The molecule has 0 unspecified atom stereocenters. The van der Waals surface area contributed by atoms with Crippen molar-refractivity contribution in [1.82, 2.24) is 0 Å². The summed E-state index contributed by atoms with van der Waals surface area (Å²) in [5, 5.41) is 10.9. The van der Waals surface area contributed by atoms with Gasteiger partial charge in [-0.2, -0.15) is 0 Å². The van der Waals surface area contributed by atoms with E-state index in [2.05, 4.69) is 27.7 Å². The lowest BCUT2D eigenvalue weighted by atomic mass is 9.54. The largest absolute Gasteiger partial charge is 0.385 e. The van der Waals surface area contributed by atoms with Crippen LogP contribution in [0.1, 0.15) is 53.9 Å². The smallest absolute Gasteiger partial charge is 0.152 e. The van der Waals surface area contributed by atoms with Gasteiger partial charge in [-0.3, -0.25) is 4.79 Å². The van der Waals surface area contributed by atoms with Crippen LogP contribution in [0, 0.1) is 10.8 Å². The number of allylic oxidation sites excluding steroid dienone is 1. The van der Waals surface area contributed by atoms with E-state index in [-0.39, 0.29) is 16.6 Å². The van der Waals surface area contributed by atoms with E-state index in [0.29, 0.717) is 0 Å². The van der Waals surface area contributed by atoms with Crippen LogP contribution in [0.25, 0.3) is 0 Å². The Morgan fingerprint density at radius 1 is 1.12 bits per heavy atom. The van der Waals surface area contributed by atoms with Crippen molar-refractivity contribution < 1.29 is 9.90 Å². The van der Waals surface area contributed by atoms with Crippen molar-refractivity contribution in [3.05, 3.63) is 12.2 Å². The fourth-order valence-electron chi connectivity index (χ4n) is 2.96. The molecule has 0 aliphatic heterocycles. The van der Waals surface area contributed by atoms with Crippen LogP contribution in [0.2, 0.25) is 0 Å². The molecular weight excluding hydrogens is 200 g/mol. The molecular formula is C14H24O2. The van der Waals surface area contributed by atoms with Crippen LogP contribution in [0.5, 0.6) is 0 Å². The molecule has 0 aromatic heterocycles. The van der Waals surface area contributed by atoms with E-state index in [9.17, 15) is 9.90 Å². The quantitative estimate of drug-likeness (QED) is 0.732. The second kappa shape index (κ2) is 3.99. The zero-order valence-electron chi connectivity index (χ0n) is 11.1. The van der Waals surface area contributed by atoms with Crippen molar-refractivity contribution in [2.45, 2.75) is 59.5 Å². The lowest BCUT2D eigenvalue weighted by molar-refractivity contribution is -0.141. The molecule has 1 rings (SSSR count). The van der Waals surface area contributed by atoms with Gasteiger partial charge in [-0.25, -0.2) is 0 Å². The van der Waals surface area contributed by atoms with Gasteiger partial charge in [0.25, 0.3) is 0 Å². The first-order chi connectivity index (χ1) is 7.12. The van der Waals surface area contributed by atoms with Crippen molar-refractivity contribution in [3.8, 4) is 0 Å². The lowest BCUT2D eigenvalue weighted by Crippen LogP contribution is -2.56. The van der Waals surface area contributed by atoms with E-state index >= 15 is 0 Å². The first-order valence-corrected chi connectivity index (χ1v) is 6.05. The molecule has 92 valence electrons. The van der Waals surface area contributed by atoms with Gasteiger partial charge in [-0.15, -0.1) is 0 Å². The van der Waals surface area contributed by atoms with Crippen molar-refractivity contribution in [3.63, 3.8) is 0 Å². The van der Waals surface area contributed by atoms with E-state index < -0.39 is 5.60 Å². The van der Waals surface area contributed by atoms with Crippen LogP contribution >= 0.6 is 0 Å². The predicted molar refractivity (Wildman–Crippen MR) is 66.2 cm³/mol. The minimum atomic E-state index is -0.899. The van der Waals surface area contributed by atoms with E-state index in [1.165, 1.54) is 13.0 Å². The number of hydrogen-bond acceptors (Lipinski definition) is 2. The topological polar surface area (TPSA) is 37.3 Å². The van der Waals surface area contributed by atoms with Gasteiger partial charge in [-0.1, -0.05) is 34.1 Å². The Morgan fingerprint density at radius 3 is 1.94 bits per heavy atom. The summed E-state index contributed by atoms with van der Waals surface area (Å²) in [6.07, 6.45) is 6.35. The molecule has 0 aromatic carbocycles. The summed E-state index contributed by atoms with van der Waals surface area (Å²) in [5.41, 5.74) is -1.26. The highest BCUT2D eigenvalue weighted by molar-refractivity contribution is 5.87. The van der Waals surface area contributed by atoms with Gasteiger partial charge < -0.3 is 5.11 Å². The highest BCUT2D eigenvalue weighted by Crippen LogP contribution is 2.54. The molecule has 2 nitrogen and oxygen atoms in total. The molecule has 0 aromatic rings. The van der Waals surface area contributed by atoms with E-state index in [1.54, 1.807) is 6.08 Å². The maximum atomic E-state index is 11.1. The van der Waals surface area contributed by atoms with Gasteiger partial charge in [0.2, 0.25) is 0 Å². The van der Waals surface area contributed by atoms with Crippen molar-refractivity contribution >= 4 is 5.78 Å². The number of carbonyl (C=O) groups excluding carboxylic acids is 1. The summed E-state index contributed by atoms with van der Waals surface area (Å²) in [6.45, 7) is 9.84. The van der Waals surface area contributed by atoms with Gasteiger partial charge in [-0.05, 0) is 42.7 Å². The number of rotatable bonds is 2. The minimum Gasteiger partial charge on any atom is -0.385 e. The Balaban J connectivity index is 3.15. The molecule has 0 radical (unpaired) electrons. The predicted octanol–water partition coefficient (Wildman–Crippen LogP) is 3.10. The number of carbonyl (C=O) groups is 1. The Bertz CT molecular complexity index is 295. The standard InChI is InChI=1S/C14H24O2/c1-11(15)7-10-14(16)12(2,3)8-6-9-13(14,4)5/h7,10,16H,6,8-9H2,1-5H3/b10-7+. The average molecular weight is 224 g/mol. The van der Waals surface area contributed by atoms with Gasteiger partial charge >= 0.3 is 0 Å². The Hall–Kier alpha value is -0.630. The van der Waals surface area contributed by atoms with Crippen LogP contribution in [0.4, 0.5) is 0 Å². The maximum absolute atomic E-state index is 11.1. The summed E-state index contributed by atoms with van der Waals surface area (Å²) >= 11 is 0. The number of aliphatic hydroxyl groups is 1. The van der Waals surface area contributed by atoms with Gasteiger partial charge in [0.1, 0.15) is 0 Å². The molecule has 1 aliphatic rings. The normalized spacial score (nSPS) is 26.9. The van der Waals surface area contributed by atoms with E-state index in [0.717, 1.165) is 19.3 Å². The monoisotopic (exact) mass is 224 g/mol. The summed E-state index contributed by atoms with van der Waals surface area (Å²) in [7, 11) is 0. The zero-order chi connectivity index (χ0) is 12.6. The van der Waals surface area contributed by atoms with Crippen LogP contribution < -0.4 is 0 Å². The van der Waals surface area contributed by atoms with Crippen LogP contribution in [0.3, 0.4) is 0 Å². The molecule has 0 heterocycles. The van der Waals surface area contributed by atoms with Crippen LogP contribution in [-0.4, -0.2) is 16.5 Å². The van der Waals surface area contributed by atoms with Crippen molar-refractivity contribution in [2.75, 3.05) is 0 Å². The molecule has 1 aliphatic carbocycles. The van der Waals surface area contributed by atoms with Gasteiger partial charge in [0.05, 0.1) is 5.60 Å². The molecule has 0 amide bonds. The fraction of sp³-hybridized carbons (Fsp3) is 0.786. The van der Waals surface area contributed by atoms with E-state index in [1.807, 2.05) is 0 Å². The third kappa shape index (κ3) is 2.08. The zero-order valence-corrected chi connectivity index (χ0v) is 11.1. The molecule has 2 heteroatoms. The number of ketones is 1. The summed E-state index contributed by atoms with van der Waals surface area (Å²) in [6, 6.07) is 0. The minimum absolute atomic E-state index is 0.00871. The third-order valence-electron chi connectivity index (χ3n) is 4.23. The SMILES string of the molecule is CC(=O)/C=C/C1(O)C(C)(C)CCCC1(C)C. The first-order valence-electron chi connectivity index (χ1n) is 6.05. The summed E-state index contributed by atoms with van der Waals surface area (Å²) in [4.78, 5) is 11.1. The Labute approximate surface area is 98.7 Å². The molecule has 0 atom stereocenters. The molecule has 0 saturated heterocycles. The molecule has 1 fully saturated rings. The second-order valence-corrected chi connectivity index (χ2v) is 6.33. The average Bonchev–Trinajstić information content (AvgIpc) is 2.10. The highest BCUT2D eigenvalue weighted by atomic mass is 16.3. The summed E-state index contributed by atoms with van der Waals surface area (Å²) in [5.74, 6) is -0.00871. The van der Waals surface area contributed by atoms with Gasteiger partial charge in [0.15, 0.2) is 5.78 Å². The van der Waals surface area contributed by atoms with E-state index in [4.69, 9.17) is 0 Å². The lowest BCUT2D eigenvalue weighted by Gasteiger charge is -2.55. The summed E-state index contributed by atoms with van der Waals surface area (Å²) < 4.78 is 0. The Kier molecular flexibility index (Phi) is 3.35. The maximum Gasteiger partial charge on any atom is 0.152 e. The van der Waals surface area contributed by atoms with Gasteiger partial charge in [0, 0.05) is 0 Å². The van der Waals surface area contributed by atoms with Crippen molar-refractivity contribution in [1.29, 1.82) is 0 Å². The molecule has 1 N–H and O–H groups in total. The first kappa shape index (κ1) is 13.4. The van der Waals surface area contributed by atoms with Crippen LogP contribution in [0.15, 0.2) is 12.2 Å². The molecule has 16 heavy (non-hydrogen) atoms. The third-order valence-corrected chi connectivity index (χ3v) is 4.23. The Morgan fingerprint density at radius 2 is 1.56 bits per heavy atom. The molecule has 1 saturated carbocycles. The highest BCUT2D eigenvalue weighted by Gasteiger charge is 2.54. The molecule has 0 spiro atoms.